The molecule has 0 radical (unpaired) electrons. The molecule has 0 atom stereocenters. The van der Waals surface area contributed by atoms with Crippen molar-refractivity contribution in [1.29, 1.82) is 0 Å². The fraction of sp³-hybridized carbons (Fsp3) is 0. The lowest BCUT2D eigenvalue weighted by Crippen LogP contribution is -2.00. The fourth-order valence-corrected chi connectivity index (χ4v) is 8.37. The second kappa shape index (κ2) is 11.2. The van der Waals surface area contributed by atoms with Gasteiger partial charge in [-0.2, -0.15) is 0 Å². The predicted octanol–water partition coefficient (Wildman–Crippen LogP) is 12.4. The molecule has 228 valence electrons. The summed E-state index contributed by atoms with van der Waals surface area (Å²) >= 11 is 1.85. The maximum Gasteiger partial charge on any atom is 0.164 e. The van der Waals surface area contributed by atoms with Gasteiger partial charge in [-0.25, -0.2) is 15.0 Å². The molecule has 2 aromatic heterocycles. The van der Waals surface area contributed by atoms with Crippen LogP contribution in [0.4, 0.5) is 0 Å². The Bertz CT molecular complexity index is 2820. The van der Waals surface area contributed by atoms with Crippen molar-refractivity contribution in [2.24, 2.45) is 0 Å². The molecule has 0 saturated heterocycles. The van der Waals surface area contributed by atoms with Crippen molar-refractivity contribution in [1.82, 2.24) is 15.0 Å². The van der Waals surface area contributed by atoms with Crippen LogP contribution in [0.25, 0.3) is 97.8 Å². The average molecular weight is 642 g/mol. The first-order valence-electron chi connectivity index (χ1n) is 16.4. The van der Waals surface area contributed by atoms with Crippen LogP contribution in [-0.4, -0.2) is 15.0 Å². The molecule has 0 aliphatic rings. The molecule has 2 heterocycles. The van der Waals surface area contributed by atoms with E-state index in [4.69, 9.17) is 15.0 Å². The molecule has 8 aromatic carbocycles. The number of benzene rings is 8. The zero-order valence-corrected chi connectivity index (χ0v) is 27.2. The third-order valence-corrected chi connectivity index (χ3v) is 10.6. The van der Waals surface area contributed by atoms with Crippen LogP contribution in [0.15, 0.2) is 164 Å². The Labute approximate surface area is 286 Å². The molecule has 0 aliphatic heterocycles. The zero-order valence-electron chi connectivity index (χ0n) is 26.3. The molecule has 0 bridgehead atoms. The number of fused-ring (bicyclic) bond motifs is 9. The van der Waals surface area contributed by atoms with Gasteiger partial charge in [0.15, 0.2) is 17.5 Å². The first-order chi connectivity index (χ1) is 24.3. The molecule has 10 aromatic rings. The number of hydrogen-bond donors (Lipinski definition) is 0. The molecule has 0 spiro atoms. The normalized spacial score (nSPS) is 11.7. The number of rotatable bonds is 4. The summed E-state index contributed by atoms with van der Waals surface area (Å²) in [6, 6.07) is 58.1. The van der Waals surface area contributed by atoms with E-state index in [-0.39, 0.29) is 0 Å². The standard InChI is InChI=1S/C45H27N3S/c1-3-13-28(14-4-1)43-46-44(29-15-5-2-6-16-29)48-45(47-43)31-25-38(30-23-24-36-35-20-11-12-22-40(35)49-41(36)27-30)42-37-21-10-9-18-33(37)32-17-7-8-19-34(32)39(42)26-31/h1-27H. The minimum absolute atomic E-state index is 0.649. The molecule has 49 heavy (non-hydrogen) atoms. The Balaban J connectivity index is 1.32. The summed E-state index contributed by atoms with van der Waals surface area (Å²) in [5.74, 6) is 1.96. The lowest BCUT2D eigenvalue weighted by Gasteiger charge is -2.17. The first kappa shape index (κ1) is 27.8. The van der Waals surface area contributed by atoms with E-state index in [1.807, 2.05) is 47.7 Å². The van der Waals surface area contributed by atoms with Gasteiger partial charge in [-0.15, -0.1) is 11.3 Å². The number of aromatic nitrogens is 3. The lowest BCUT2D eigenvalue weighted by molar-refractivity contribution is 1.07. The zero-order chi connectivity index (χ0) is 32.3. The highest BCUT2D eigenvalue weighted by Crippen LogP contribution is 2.44. The summed E-state index contributed by atoms with van der Waals surface area (Å²) in [6.07, 6.45) is 0. The molecule has 0 fully saturated rings. The largest absolute Gasteiger partial charge is 0.208 e. The minimum atomic E-state index is 0.649. The molecule has 0 amide bonds. The molecular weight excluding hydrogens is 615 g/mol. The summed E-state index contributed by atoms with van der Waals surface area (Å²) in [6.45, 7) is 0. The van der Waals surface area contributed by atoms with Crippen molar-refractivity contribution in [3.63, 3.8) is 0 Å². The number of nitrogens with zero attached hydrogens (tertiary/aromatic N) is 3. The van der Waals surface area contributed by atoms with Crippen LogP contribution in [0.3, 0.4) is 0 Å². The van der Waals surface area contributed by atoms with E-state index in [0.29, 0.717) is 17.5 Å². The molecule has 0 saturated carbocycles. The maximum atomic E-state index is 5.14. The topological polar surface area (TPSA) is 38.7 Å². The van der Waals surface area contributed by atoms with Crippen molar-refractivity contribution < 1.29 is 0 Å². The maximum absolute atomic E-state index is 5.14. The van der Waals surface area contributed by atoms with Crippen LogP contribution in [-0.2, 0) is 0 Å². The van der Waals surface area contributed by atoms with Gasteiger partial charge in [0.05, 0.1) is 0 Å². The highest BCUT2D eigenvalue weighted by molar-refractivity contribution is 7.25. The van der Waals surface area contributed by atoms with Crippen LogP contribution < -0.4 is 0 Å². The van der Waals surface area contributed by atoms with Gasteiger partial charge in [-0.05, 0) is 67.7 Å². The van der Waals surface area contributed by atoms with Crippen LogP contribution >= 0.6 is 11.3 Å². The Kier molecular flexibility index (Phi) is 6.36. The van der Waals surface area contributed by atoms with Gasteiger partial charge < -0.3 is 0 Å². The monoisotopic (exact) mass is 641 g/mol. The number of thiophene rings is 1. The van der Waals surface area contributed by atoms with Crippen molar-refractivity contribution in [2.75, 3.05) is 0 Å². The van der Waals surface area contributed by atoms with Gasteiger partial charge in [0, 0.05) is 36.9 Å². The highest BCUT2D eigenvalue weighted by Gasteiger charge is 2.19. The van der Waals surface area contributed by atoms with Crippen LogP contribution in [0, 0.1) is 0 Å². The quantitative estimate of drug-likeness (QED) is 0.180. The van der Waals surface area contributed by atoms with Crippen molar-refractivity contribution in [3.8, 4) is 45.3 Å². The minimum Gasteiger partial charge on any atom is -0.208 e. The van der Waals surface area contributed by atoms with Gasteiger partial charge in [-0.3, -0.25) is 0 Å². The van der Waals surface area contributed by atoms with E-state index in [2.05, 4.69) is 127 Å². The van der Waals surface area contributed by atoms with Crippen LogP contribution in [0.5, 0.6) is 0 Å². The van der Waals surface area contributed by atoms with Gasteiger partial charge in [0.2, 0.25) is 0 Å². The third-order valence-electron chi connectivity index (χ3n) is 9.49. The van der Waals surface area contributed by atoms with E-state index in [1.165, 1.54) is 58.1 Å². The molecule has 0 unspecified atom stereocenters. The summed E-state index contributed by atoms with van der Waals surface area (Å²) < 4.78 is 2.58. The predicted molar refractivity (Wildman–Crippen MR) is 207 cm³/mol. The lowest BCUT2D eigenvalue weighted by atomic mass is 9.88. The van der Waals surface area contributed by atoms with Gasteiger partial charge in [0.25, 0.3) is 0 Å². The Hall–Kier alpha value is -6.23. The molecule has 0 N–H and O–H groups in total. The smallest absolute Gasteiger partial charge is 0.164 e. The van der Waals surface area contributed by atoms with E-state index < -0.39 is 0 Å². The van der Waals surface area contributed by atoms with Gasteiger partial charge >= 0.3 is 0 Å². The molecule has 0 aliphatic carbocycles. The molecule has 3 nitrogen and oxygen atoms in total. The third kappa shape index (κ3) is 4.61. The second-order valence-electron chi connectivity index (χ2n) is 12.4. The van der Waals surface area contributed by atoms with E-state index in [0.717, 1.165) is 22.3 Å². The second-order valence-corrected chi connectivity index (χ2v) is 13.5. The molecule has 4 heteroatoms. The van der Waals surface area contributed by atoms with Crippen LogP contribution in [0.2, 0.25) is 0 Å². The van der Waals surface area contributed by atoms with Crippen molar-refractivity contribution >= 4 is 63.8 Å². The Morgan fingerprint density at radius 3 is 1.45 bits per heavy atom. The Morgan fingerprint density at radius 2 is 0.796 bits per heavy atom. The summed E-state index contributed by atoms with van der Waals surface area (Å²) in [5, 5.41) is 9.94. The average Bonchev–Trinajstić information content (AvgIpc) is 3.56. The van der Waals surface area contributed by atoms with E-state index >= 15 is 0 Å². The fourth-order valence-electron chi connectivity index (χ4n) is 7.22. The van der Waals surface area contributed by atoms with E-state index in [9.17, 15) is 0 Å². The summed E-state index contributed by atoms with van der Waals surface area (Å²) in [5.41, 5.74) is 5.20. The van der Waals surface area contributed by atoms with Crippen LogP contribution in [0.1, 0.15) is 0 Å². The van der Waals surface area contributed by atoms with Crippen molar-refractivity contribution in [2.45, 2.75) is 0 Å². The van der Waals surface area contributed by atoms with Crippen molar-refractivity contribution in [3.05, 3.63) is 164 Å². The molecule has 10 rings (SSSR count). The summed E-state index contributed by atoms with van der Waals surface area (Å²) in [7, 11) is 0. The first-order valence-corrected chi connectivity index (χ1v) is 17.3. The highest BCUT2D eigenvalue weighted by atomic mass is 32.1. The van der Waals surface area contributed by atoms with E-state index in [1.54, 1.807) is 0 Å². The Morgan fingerprint density at radius 1 is 0.306 bits per heavy atom. The summed E-state index contributed by atoms with van der Waals surface area (Å²) in [4.78, 5) is 15.3. The van der Waals surface area contributed by atoms with Gasteiger partial charge in [-0.1, -0.05) is 140 Å². The molecular formula is C45H27N3S. The SMILES string of the molecule is c1ccc(-c2nc(-c3ccccc3)nc(-c3cc(-c4ccc5c(c4)sc4ccccc45)c4c5ccccc5c5ccccc5c4c3)n2)cc1. The van der Waals surface area contributed by atoms with Gasteiger partial charge in [0.1, 0.15) is 0 Å². The number of hydrogen-bond acceptors (Lipinski definition) is 4.